The highest BCUT2D eigenvalue weighted by molar-refractivity contribution is 9.10. The summed E-state index contributed by atoms with van der Waals surface area (Å²) in [6, 6.07) is 10.4. The SMILES string of the molecule is Cc1ccc(NC(=O)COC(=O)CNC(=O)c2cccc(F)c2)c(Br)c1. The summed E-state index contributed by atoms with van der Waals surface area (Å²) in [5, 5.41) is 4.89. The molecule has 0 aliphatic rings. The van der Waals surface area contributed by atoms with E-state index in [0.717, 1.165) is 11.6 Å². The number of benzene rings is 2. The lowest BCUT2D eigenvalue weighted by molar-refractivity contribution is -0.146. The van der Waals surface area contributed by atoms with Crippen molar-refractivity contribution in [2.45, 2.75) is 6.92 Å². The molecule has 0 aromatic heterocycles. The summed E-state index contributed by atoms with van der Waals surface area (Å²) in [7, 11) is 0. The number of anilines is 1. The lowest BCUT2D eigenvalue weighted by Gasteiger charge is -2.09. The minimum Gasteiger partial charge on any atom is -0.454 e. The normalized spacial score (nSPS) is 10.1. The van der Waals surface area contributed by atoms with Gasteiger partial charge >= 0.3 is 5.97 Å². The average Bonchev–Trinajstić information content (AvgIpc) is 2.60. The number of ether oxygens (including phenoxy) is 1. The van der Waals surface area contributed by atoms with Crippen LogP contribution in [-0.2, 0) is 14.3 Å². The Bertz CT molecular complexity index is 842. The largest absolute Gasteiger partial charge is 0.454 e. The maximum absolute atomic E-state index is 13.0. The summed E-state index contributed by atoms with van der Waals surface area (Å²) >= 11 is 3.33. The number of esters is 1. The van der Waals surface area contributed by atoms with E-state index < -0.39 is 36.8 Å². The fourth-order valence-corrected chi connectivity index (χ4v) is 2.58. The first kappa shape index (κ1) is 19.6. The van der Waals surface area contributed by atoms with Gasteiger partial charge < -0.3 is 15.4 Å². The highest BCUT2D eigenvalue weighted by Gasteiger charge is 2.12. The first-order valence-corrected chi connectivity index (χ1v) is 8.40. The Hall–Kier alpha value is -2.74. The van der Waals surface area contributed by atoms with Gasteiger partial charge in [-0.1, -0.05) is 12.1 Å². The van der Waals surface area contributed by atoms with Crippen molar-refractivity contribution in [1.29, 1.82) is 0 Å². The molecule has 26 heavy (non-hydrogen) atoms. The number of halogens is 2. The molecule has 0 heterocycles. The monoisotopic (exact) mass is 422 g/mol. The van der Waals surface area contributed by atoms with Gasteiger partial charge in [-0.25, -0.2) is 4.39 Å². The summed E-state index contributed by atoms with van der Waals surface area (Å²) in [4.78, 5) is 35.2. The van der Waals surface area contributed by atoms with Gasteiger partial charge in [-0.05, 0) is 58.7 Å². The van der Waals surface area contributed by atoms with Crippen LogP contribution in [0, 0.1) is 12.7 Å². The van der Waals surface area contributed by atoms with Crippen molar-refractivity contribution in [3.8, 4) is 0 Å². The highest BCUT2D eigenvalue weighted by Crippen LogP contribution is 2.23. The molecule has 0 fully saturated rings. The quantitative estimate of drug-likeness (QED) is 0.700. The van der Waals surface area contributed by atoms with E-state index in [1.807, 2.05) is 19.1 Å². The molecule has 2 N–H and O–H groups in total. The van der Waals surface area contributed by atoms with Gasteiger partial charge in [0.25, 0.3) is 11.8 Å². The molecule has 6 nitrogen and oxygen atoms in total. The molecule has 8 heteroatoms. The topological polar surface area (TPSA) is 84.5 Å². The number of carbonyl (C=O) groups is 3. The fourth-order valence-electron chi connectivity index (χ4n) is 1.99. The third-order valence-corrected chi connectivity index (χ3v) is 3.90. The van der Waals surface area contributed by atoms with Crippen molar-refractivity contribution in [3.63, 3.8) is 0 Å². The van der Waals surface area contributed by atoms with Crippen molar-refractivity contribution in [3.05, 3.63) is 63.9 Å². The van der Waals surface area contributed by atoms with Crippen molar-refractivity contribution >= 4 is 39.4 Å². The van der Waals surface area contributed by atoms with Gasteiger partial charge in [0, 0.05) is 10.0 Å². The summed E-state index contributed by atoms with van der Waals surface area (Å²) in [5.41, 5.74) is 1.66. The van der Waals surface area contributed by atoms with E-state index in [9.17, 15) is 18.8 Å². The third kappa shape index (κ3) is 5.96. The molecule has 2 aromatic rings. The van der Waals surface area contributed by atoms with Crippen LogP contribution in [0.5, 0.6) is 0 Å². The molecule has 0 aliphatic carbocycles. The number of amides is 2. The van der Waals surface area contributed by atoms with Crippen molar-refractivity contribution < 1.29 is 23.5 Å². The summed E-state index contributed by atoms with van der Waals surface area (Å²) in [6.07, 6.45) is 0. The first-order valence-electron chi connectivity index (χ1n) is 7.60. The van der Waals surface area contributed by atoms with Gasteiger partial charge in [0.1, 0.15) is 12.4 Å². The van der Waals surface area contributed by atoms with Crippen LogP contribution in [0.4, 0.5) is 10.1 Å². The fraction of sp³-hybridized carbons (Fsp3) is 0.167. The Morgan fingerprint density at radius 1 is 1.15 bits per heavy atom. The van der Waals surface area contributed by atoms with E-state index in [-0.39, 0.29) is 5.56 Å². The van der Waals surface area contributed by atoms with Crippen LogP contribution in [0.3, 0.4) is 0 Å². The molecule has 0 bridgehead atoms. The molecule has 136 valence electrons. The first-order chi connectivity index (χ1) is 12.3. The minimum atomic E-state index is -0.784. The predicted octanol–water partition coefficient (Wildman–Crippen LogP) is 2.81. The van der Waals surface area contributed by atoms with E-state index >= 15 is 0 Å². The molecule has 0 spiro atoms. The smallest absolute Gasteiger partial charge is 0.325 e. The Morgan fingerprint density at radius 3 is 2.62 bits per heavy atom. The number of nitrogens with one attached hydrogen (secondary N) is 2. The minimum absolute atomic E-state index is 0.0831. The van der Waals surface area contributed by atoms with Gasteiger partial charge in [0.15, 0.2) is 6.61 Å². The number of hydrogen-bond acceptors (Lipinski definition) is 4. The van der Waals surface area contributed by atoms with Crippen LogP contribution < -0.4 is 10.6 Å². The number of hydrogen-bond donors (Lipinski definition) is 2. The molecule has 0 saturated carbocycles. The maximum atomic E-state index is 13.0. The summed E-state index contributed by atoms with van der Waals surface area (Å²) < 4.78 is 18.5. The van der Waals surface area contributed by atoms with E-state index in [1.165, 1.54) is 18.2 Å². The van der Waals surface area contributed by atoms with Gasteiger partial charge in [0.05, 0.1) is 5.69 Å². The zero-order valence-electron chi connectivity index (χ0n) is 13.8. The maximum Gasteiger partial charge on any atom is 0.325 e. The molecule has 0 aliphatic heterocycles. The summed E-state index contributed by atoms with van der Waals surface area (Å²) in [6.45, 7) is 0.988. The number of rotatable bonds is 6. The predicted molar refractivity (Wildman–Crippen MR) is 97.2 cm³/mol. The standard InChI is InChI=1S/C18H16BrFN2O4/c1-11-5-6-15(14(19)7-11)22-16(23)10-26-17(24)9-21-18(25)12-3-2-4-13(20)8-12/h2-8H,9-10H2,1H3,(H,21,25)(H,22,23). The van der Waals surface area contributed by atoms with E-state index in [1.54, 1.807) is 6.07 Å². The van der Waals surface area contributed by atoms with Crippen LogP contribution >= 0.6 is 15.9 Å². The molecule has 0 unspecified atom stereocenters. The second kappa shape index (κ2) is 9.10. The van der Waals surface area contributed by atoms with Crippen molar-refractivity contribution in [2.75, 3.05) is 18.5 Å². The highest BCUT2D eigenvalue weighted by atomic mass is 79.9. The van der Waals surface area contributed by atoms with Crippen molar-refractivity contribution in [2.24, 2.45) is 0 Å². The average molecular weight is 423 g/mol. The van der Waals surface area contributed by atoms with Gasteiger partial charge in [-0.3, -0.25) is 14.4 Å². The lowest BCUT2D eigenvalue weighted by Crippen LogP contribution is -2.32. The molecule has 2 rings (SSSR count). The van der Waals surface area contributed by atoms with Crippen LogP contribution in [0.2, 0.25) is 0 Å². The molecular formula is C18H16BrFN2O4. The lowest BCUT2D eigenvalue weighted by atomic mass is 10.2. The Kier molecular flexibility index (Phi) is 6.85. The second-order valence-corrected chi connectivity index (χ2v) is 6.24. The second-order valence-electron chi connectivity index (χ2n) is 5.39. The van der Waals surface area contributed by atoms with Gasteiger partial charge in [0.2, 0.25) is 0 Å². The molecule has 2 amide bonds. The van der Waals surface area contributed by atoms with E-state index in [0.29, 0.717) is 10.2 Å². The molecule has 0 saturated heterocycles. The van der Waals surface area contributed by atoms with Gasteiger partial charge in [-0.15, -0.1) is 0 Å². The van der Waals surface area contributed by atoms with Crippen LogP contribution in [-0.4, -0.2) is 30.9 Å². The number of aryl methyl sites for hydroxylation is 1. The molecule has 0 atom stereocenters. The zero-order valence-corrected chi connectivity index (χ0v) is 15.4. The van der Waals surface area contributed by atoms with E-state index in [4.69, 9.17) is 4.74 Å². The van der Waals surface area contributed by atoms with Gasteiger partial charge in [-0.2, -0.15) is 0 Å². The van der Waals surface area contributed by atoms with Crippen molar-refractivity contribution in [1.82, 2.24) is 5.32 Å². The Balaban J connectivity index is 1.76. The van der Waals surface area contributed by atoms with E-state index in [2.05, 4.69) is 26.6 Å². The molecular weight excluding hydrogens is 407 g/mol. The summed E-state index contributed by atoms with van der Waals surface area (Å²) in [5.74, 6) is -2.47. The zero-order chi connectivity index (χ0) is 19.1. The Labute approximate surface area is 157 Å². The number of carbonyl (C=O) groups excluding carboxylic acids is 3. The van der Waals surface area contributed by atoms with Crippen LogP contribution in [0.1, 0.15) is 15.9 Å². The molecule has 2 aromatic carbocycles. The third-order valence-electron chi connectivity index (χ3n) is 3.24. The Morgan fingerprint density at radius 2 is 1.92 bits per heavy atom. The van der Waals surface area contributed by atoms with Crippen LogP contribution in [0.25, 0.3) is 0 Å². The van der Waals surface area contributed by atoms with Crippen LogP contribution in [0.15, 0.2) is 46.9 Å². The molecule has 0 radical (unpaired) electrons.